The molecule has 0 radical (unpaired) electrons. The highest BCUT2D eigenvalue weighted by atomic mass is 35.5. The van der Waals surface area contributed by atoms with Gasteiger partial charge in [0.15, 0.2) is 0 Å². The highest BCUT2D eigenvalue weighted by molar-refractivity contribution is 6.35. The van der Waals surface area contributed by atoms with E-state index in [9.17, 15) is 5.11 Å². The fourth-order valence-electron chi connectivity index (χ4n) is 1.57. The van der Waals surface area contributed by atoms with E-state index in [2.05, 4.69) is 12.2 Å². The van der Waals surface area contributed by atoms with E-state index in [0.29, 0.717) is 10.0 Å². The third-order valence-corrected chi connectivity index (χ3v) is 3.15. The average molecular weight is 262 g/mol. The summed E-state index contributed by atoms with van der Waals surface area (Å²) in [5.74, 6) is 0. The summed E-state index contributed by atoms with van der Waals surface area (Å²) in [6.07, 6.45) is 1.00. The smallest absolute Gasteiger partial charge is 0.0655 e. The molecule has 2 nitrogen and oxygen atoms in total. The van der Waals surface area contributed by atoms with Crippen LogP contribution in [0.25, 0.3) is 0 Å². The number of halogens is 2. The fraction of sp³-hybridized carbons (Fsp3) is 0.500. The lowest BCUT2D eigenvalue weighted by Crippen LogP contribution is -2.43. The topological polar surface area (TPSA) is 32.3 Å². The van der Waals surface area contributed by atoms with Gasteiger partial charge < -0.3 is 10.4 Å². The minimum atomic E-state index is -0.516. The van der Waals surface area contributed by atoms with Crippen LogP contribution in [0.4, 0.5) is 0 Å². The molecule has 0 aliphatic heterocycles. The summed E-state index contributed by atoms with van der Waals surface area (Å²) in [5, 5.41) is 14.0. The summed E-state index contributed by atoms with van der Waals surface area (Å²) in [6.45, 7) is 4.83. The second-order valence-corrected chi connectivity index (χ2v) is 4.88. The molecule has 0 amide bonds. The maximum atomic E-state index is 9.50. The Morgan fingerprint density at radius 1 is 1.38 bits per heavy atom. The van der Waals surface area contributed by atoms with E-state index < -0.39 is 5.54 Å². The number of rotatable bonds is 5. The van der Waals surface area contributed by atoms with Crippen molar-refractivity contribution >= 4 is 23.2 Å². The molecule has 0 aromatic heterocycles. The molecule has 0 heterocycles. The Hall–Kier alpha value is -0.280. The Morgan fingerprint density at radius 3 is 2.56 bits per heavy atom. The number of benzene rings is 1. The summed E-state index contributed by atoms with van der Waals surface area (Å²) in [7, 11) is 0. The van der Waals surface area contributed by atoms with Crippen LogP contribution in [-0.2, 0) is 5.54 Å². The first-order valence-electron chi connectivity index (χ1n) is 5.35. The van der Waals surface area contributed by atoms with Gasteiger partial charge in [0.25, 0.3) is 0 Å². The van der Waals surface area contributed by atoms with E-state index in [1.807, 2.05) is 13.0 Å². The Labute approximate surface area is 107 Å². The molecule has 1 atom stereocenters. The van der Waals surface area contributed by atoms with Crippen LogP contribution >= 0.6 is 23.2 Å². The van der Waals surface area contributed by atoms with Crippen LogP contribution in [0, 0.1) is 0 Å². The molecule has 1 unspecified atom stereocenters. The van der Waals surface area contributed by atoms with Crippen molar-refractivity contribution < 1.29 is 5.11 Å². The van der Waals surface area contributed by atoms with Crippen molar-refractivity contribution in [3.63, 3.8) is 0 Å². The van der Waals surface area contributed by atoms with Crippen LogP contribution in [0.1, 0.15) is 25.8 Å². The zero-order chi connectivity index (χ0) is 12.2. The van der Waals surface area contributed by atoms with Gasteiger partial charge >= 0.3 is 0 Å². The zero-order valence-corrected chi connectivity index (χ0v) is 11.1. The minimum absolute atomic E-state index is 0.00560. The normalized spacial score (nSPS) is 14.8. The van der Waals surface area contributed by atoms with Crippen molar-refractivity contribution in [2.24, 2.45) is 0 Å². The molecule has 0 aliphatic carbocycles. The van der Waals surface area contributed by atoms with E-state index in [0.717, 1.165) is 18.5 Å². The number of nitrogens with one attached hydrogen (secondary N) is 1. The maximum Gasteiger partial charge on any atom is 0.0655 e. The van der Waals surface area contributed by atoms with Crippen LogP contribution in [0.5, 0.6) is 0 Å². The first-order chi connectivity index (χ1) is 7.53. The van der Waals surface area contributed by atoms with Gasteiger partial charge in [0.05, 0.1) is 12.1 Å². The zero-order valence-electron chi connectivity index (χ0n) is 9.56. The lowest BCUT2D eigenvalue weighted by molar-refractivity contribution is 0.175. The van der Waals surface area contributed by atoms with Crippen molar-refractivity contribution in [1.29, 1.82) is 0 Å². The first-order valence-corrected chi connectivity index (χ1v) is 6.10. The summed E-state index contributed by atoms with van der Waals surface area (Å²) < 4.78 is 0. The van der Waals surface area contributed by atoms with Crippen LogP contribution in [0.3, 0.4) is 0 Å². The predicted molar refractivity (Wildman–Crippen MR) is 69.2 cm³/mol. The number of aliphatic hydroxyl groups is 1. The summed E-state index contributed by atoms with van der Waals surface area (Å²) in [4.78, 5) is 0. The lowest BCUT2D eigenvalue weighted by atomic mass is 9.92. The fourth-order valence-corrected chi connectivity index (χ4v) is 2.19. The van der Waals surface area contributed by atoms with Gasteiger partial charge in [-0.05, 0) is 37.6 Å². The van der Waals surface area contributed by atoms with Crippen molar-refractivity contribution in [3.05, 3.63) is 33.8 Å². The number of hydrogen-bond donors (Lipinski definition) is 2. The van der Waals surface area contributed by atoms with Crippen molar-refractivity contribution in [2.45, 2.75) is 25.8 Å². The molecule has 16 heavy (non-hydrogen) atoms. The van der Waals surface area contributed by atoms with Gasteiger partial charge in [0.2, 0.25) is 0 Å². The van der Waals surface area contributed by atoms with Crippen molar-refractivity contribution in [2.75, 3.05) is 13.2 Å². The summed E-state index contributed by atoms with van der Waals surface area (Å²) in [6, 6.07) is 5.33. The second-order valence-electron chi connectivity index (χ2n) is 4.04. The van der Waals surface area contributed by atoms with Gasteiger partial charge in [-0.3, -0.25) is 0 Å². The third-order valence-electron chi connectivity index (χ3n) is 2.61. The molecule has 1 aromatic carbocycles. The van der Waals surface area contributed by atoms with Gasteiger partial charge in [-0.15, -0.1) is 0 Å². The van der Waals surface area contributed by atoms with Gasteiger partial charge in [-0.1, -0.05) is 36.2 Å². The SMILES string of the molecule is CCCNC(C)(CO)c1ccc(Cl)cc1Cl. The van der Waals surface area contributed by atoms with Crippen LogP contribution in [0.15, 0.2) is 18.2 Å². The van der Waals surface area contributed by atoms with E-state index in [1.54, 1.807) is 12.1 Å². The second kappa shape index (κ2) is 5.87. The highest BCUT2D eigenvalue weighted by Crippen LogP contribution is 2.30. The van der Waals surface area contributed by atoms with Crippen LogP contribution in [0.2, 0.25) is 10.0 Å². The molecule has 2 N–H and O–H groups in total. The van der Waals surface area contributed by atoms with E-state index in [-0.39, 0.29) is 6.61 Å². The van der Waals surface area contributed by atoms with Crippen LogP contribution < -0.4 is 5.32 Å². The molecule has 90 valence electrons. The monoisotopic (exact) mass is 261 g/mol. The van der Waals surface area contributed by atoms with Crippen LogP contribution in [-0.4, -0.2) is 18.3 Å². The Bertz CT molecular complexity index is 357. The Morgan fingerprint density at radius 2 is 2.06 bits per heavy atom. The van der Waals surface area contributed by atoms with Gasteiger partial charge in [-0.25, -0.2) is 0 Å². The first kappa shape index (κ1) is 13.8. The molecule has 0 saturated heterocycles. The minimum Gasteiger partial charge on any atom is -0.394 e. The number of hydrogen-bond acceptors (Lipinski definition) is 2. The number of aliphatic hydroxyl groups excluding tert-OH is 1. The average Bonchev–Trinajstić information content (AvgIpc) is 2.26. The van der Waals surface area contributed by atoms with E-state index in [1.165, 1.54) is 0 Å². The largest absolute Gasteiger partial charge is 0.394 e. The van der Waals surface area contributed by atoms with Crippen molar-refractivity contribution in [1.82, 2.24) is 5.32 Å². The molecule has 0 bridgehead atoms. The van der Waals surface area contributed by atoms with Crippen molar-refractivity contribution in [3.8, 4) is 0 Å². The summed E-state index contributed by atoms with van der Waals surface area (Å²) in [5.41, 5.74) is 0.354. The molecule has 1 aromatic rings. The van der Waals surface area contributed by atoms with Gasteiger partial charge in [-0.2, -0.15) is 0 Å². The van der Waals surface area contributed by atoms with E-state index >= 15 is 0 Å². The predicted octanol–water partition coefficient (Wildman–Crippen LogP) is 3.20. The lowest BCUT2D eigenvalue weighted by Gasteiger charge is -2.30. The standard InChI is InChI=1S/C12H17Cl2NO/c1-3-6-15-12(2,8-16)10-5-4-9(13)7-11(10)14/h4-5,7,15-16H,3,6,8H2,1-2H3. The molecular formula is C12H17Cl2NO. The molecule has 0 fully saturated rings. The molecular weight excluding hydrogens is 245 g/mol. The third kappa shape index (κ3) is 3.11. The summed E-state index contributed by atoms with van der Waals surface area (Å²) >= 11 is 12.0. The molecule has 1 rings (SSSR count). The van der Waals surface area contributed by atoms with Gasteiger partial charge in [0.1, 0.15) is 0 Å². The molecule has 4 heteroatoms. The molecule has 0 saturated carbocycles. The molecule has 0 aliphatic rings. The Balaban J connectivity index is 3.02. The highest BCUT2D eigenvalue weighted by Gasteiger charge is 2.27. The van der Waals surface area contributed by atoms with Gasteiger partial charge in [0, 0.05) is 10.0 Å². The maximum absolute atomic E-state index is 9.50. The molecule has 0 spiro atoms. The Kier molecular flexibility index (Phi) is 5.06. The quantitative estimate of drug-likeness (QED) is 0.854. The van der Waals surface area contributed by atoms with E-state index in [4.69, 9.17) is 23.2 Å².